The van der Waals surface area contributed by atoms with Crippen molar-refractivity contribution in [3.63, 3.8) is 0 Å². The molecular weight excluding hydrogens is 186 g/mol. The highest BCUT2D eigenvalue weighted by Crippen LogP contribution is 2.34. The van der Waals surface area contributed by atoms with Gasteiger partial charge in [-0.2, -0.15) is 0 Å². The summed E-state index contributed by atoms with van der Waals surface area (Å²) in [6.45, 7) is 4.41. The van der Waals surface area contributed by atoms with Crippen LogP contribution in [-0.4, -0.2) is 11.1 Å². The molecule has 2 N–H and O–H groups in total. The number of nitrogens with one attached hydrogen (secondary N) is 1. The molecule has 1 aromatic carbocycles. The molecule has 15 heavy (non-hydrogen) atoms. The Balaban J connectivity index is 2.08. The summed E-state index contributed by atoms with van der Waals surface area (Å²) >= 11 is 0. The summed E-state index contributed by atoms with van der Waals surface area (Å²) in [5, 5.41) is 13.4. The molecule has 82 valence electrons. The zero-order chi connectivity index (χ0) is 10.8. The van der Waals surface area contributed by atoms with Crippen LogP contribution < -0.4 is 5.32 Å². The fourth-order valence-corrected chi connectivity index (χ4v) is 2.02. The minimum absolute atomic E-state index is 0.293. The van der Waals surface area contributed by atoms with Crippen LogP contribution in [0, 0.1) is 5.92 Å². The molecule has 0 aliphatic heterocycles. The first kappa shape index (κ1) is 10.5. The van der Waals surface area contributed by atoms with Gasteiger partial charge in [0.2, 0.25) is 0 Å². The Bertz CT molecular complexity index is 337. The van der Waals surface area contributed by atoms with Crippen molar-refractivity contribution >= 4 is 0 Å². The van der Waals surface area contributed by atoms with E-state index in [0.717, 1.165) is 17.9 Å². The number of benzene rings is 1. The summed E-state index contributed by atoms with van der Waals surface area (Å²) in [4.78, 5) is 0. The van der Waals surface area contributed by atoms with Crippen LogP contribution in [0.15, 0.2) is 24.3 Å². The predicted molar refractivity (Wildman–Crippen MR) is 61.8 cm³/mol. The van der Waals surface area contributed by atoms with Gasteiger partial charge in [0.25, 0.3) is 0 Å². The molecule has 1 aliphatic rings. The second kappa shape index (κ2) is 4.23. The number of hydrogen-bond donors (Lipinski definition) is 2. The minimum Gasteiger partial charge on any atom is -0.508 e. The molecule has 3 atom stereocenters. The predicted octanol–water partition coefficient (Wildman–Crippen LogP) is 2.84. The number of aromatic hydroxyl groups is 1. The molecule has 1 saturated carbocycles. The molecule has 0 radical (unpaired) electrons. The Morgan fingerprint density at radius 3 is 2.67 bits per heavy atom. The van der Waals surface area contributed by atoms with E-state index in [4.69, 9.17) is 0 Å². The van der Waals surface area contributed by atoms with E-state index in [1.807, 2.05) is 18.2 Å². The van der Waals surface area contributed by atoms with Crippen molar-refractivity contribution in [1.29, 1.82) is 0 Å². The summed E-state index contributed by atoms with van der Waals surface area (Å²) in [7, 11) is 0. The average Bonchev–Trinajstić information content (AvgIpc) is 2.92. The van der Waals surface area contributed by atoms with Gasteiger partial charge in [-0.25, -0.2) is 0 Å². The number of phenolic OH excluding ortho intramolecular Hbond substituents is 1. The SMILES string of the molecule is CCC(NC1CC1C)c1ccccc1O. The molecule has 1 fully saturated rings. The summed E-state index contributed by atoms with van der Waals surface area (Å²) < 4.78 is 0. The lowest BCUT2D eigenvalue weighted by molar-refractivity contribution is 0.437. The van der Waals surface area contributed by atoms with Crippen molar-refractivity contribution in [3.05, 3.63) is 29.8 Å². The van der Waals surface area contributed by atoms with Gasteiger partial charge in [-0.15, -0.1) is 0 Å². The number of rotatable bonds is 4. The second-order valence-corrected chi connectivity index (χ2v) is 4.51. The normalized spacial score (nSPS) is 26.3. The fraction of sp³-hybridized carbons (Fsp3) is 0.538. The van der Waals surface area contributed by atoms with Crippen LogP contribution in [0.25, 0.3) is 0 Å². The van der Waals surface area contributed by atoms with E-state index in [9.17, 15) is 5.11 Å². The first-order valence-electron chi connectivity index (χ1n) is 5.76. The lowest BCUT2D eigenvalue weighted by Gasteiger charge is -2.18. The third-order valence-electron chi connectivity index (χ3n) is 3.25. The molecule has 2 rings (SSSR count). The maximum Gasteiger partial charge on any atom is 0.120 e. The van der Waals surface area contributed by atoms with Crippen molar-refractivity contribution in [2.75, 3.05) is 0 Å². The monoisotopic (exact) mass is 205 g/mol. The molecule has 0 saturated heterocycles. The molecule has 0 bridgehead atoms. The van der Waals surface area contributed by atoms with Gasteiger partial charge in [-0.05, 0) is 24.8 Å². The molecule has 2 heteroatoms. The zero-order valence-electron chi connectivity index (χ0n) is 9.40. The first-order valence-corrected chi connectivity index (χ1v) is 5.76. The van der Waals surface area contributed by atoms with E-state index < -0.39 is 0 Å². The van der Waals surface area contributed by atoms with Gasteiger partial charge in [-0.3, -0.25) is 0 Å². The van der Waals surface area contributed by atoms with Crippen LogP contribution in [0.5, 0.6) is 5.75 Å². The van der Waals surface area contributed by atoms with Gasteiger partial charge in [0.1, 0.15) is 5.75 Å². The maximum absolute atomic E-state index is 9.77. The molecule has 3 unspecified atom stereocenters. The van der Waals surface area contributed by atoms with Crippen molar-refractivity contribution in [2.24, 2.45) is 5.92 Å². The van der Waals surface area contributed by atoms with Gasteiger partial charge in [0.05, 0.1) is 0 Å². The van der Waals surface area contributed by atoms with E-state index in [1.54, 1.807) is 6.07 Å². The molecule has 1 aromatic rings. The molecule has 0 aromatic heterocycles. The van der Waals surface area contributed by atoms with Crippen LogP contribution >= 0.6 is 0 Å². The van der Waals surface area contributed by atoms with Crippen molar-refractivity contribution in [2.45, 2.75) is 38.8 Å². The average molecular weight is 205 g/mol. The Hall–Kier alpha value is -1.02. The van der Waals surface area contributed by atoms with Gasteiger partial charge >= 0.3 is 0 Å². The van der Waals surface area contributed by atoms with E-state index in [1.165, 1.54) is 6.42 Å². The van der Waals surface area contributed by atoms with Crippen molar-refractivity contribution in [3.8, 4) is 5.75 Å². The van der Waals surface area contributed by atoms with Crippen molar-refractivity contribution in [1.82, 2.24) is 5.32 Å². The molecular formula is C13H19NO. The third-order valence-corrected chi connectivity index (χ3v) is 3.25. The number of phenols is 1. The van der Waals surface area contributed by atoms with Gasteiger partial charge in [0, 0.05) is 17.6 Å². The standard InChI is InChI=1S/C13H19NO/c1-3-11(14-12-8-9(12)2)10-6-4-5-7-13(10)15/h4-7,9,11-12,14-15H,3,8H2,1-2H3. The van der Waals surface area contributed by atoms with E-state index >= 15 is 0 Å². The lowest BCUT2D eigenvalue weighted by atomic mass is 10.0. The van der Waals surface area contributed by atoms with Gasteiger partial charge in [-0.1, -0.05) is 32.0 Å². The van der Waals surface area contributed by atoms with Crippen molar-refractivity contribution < 1.29 is 5.11 Å². The summed E-state index contributed by atoms with van der Waals surface area (Å²) in [5.41, 5.74) is 1.03. The summed E-state index contributed by atoms with van der Waals surface area (Å²) in [6, 6.07) is 8.55. The van der Waals surface area contributed by atoms with Crippen LogP contribution in [-0.2, 0) is 0 Å². The topological polar surface area (TPSA) is 32.3 Å². The summed E-state index contributed by atoms with van der Waals surface area (Å²) in [6.07, 6.45) is 2.28. The third kappa shape index (κ3) is 2.32. The first-order chi connectivity index (χ1) is 7.22. The summed E-state index contributed by atoms with van der Waals surface area (Å²) in [5.74, 6) is 1.20. The van der Waals surface area contributed by atoms with E-state index in [-0.39, 0.29) is 0 Å². The Labute approximate surface area is 91.3 Å². The highest BCUT2D eigenvalue weighted by Gasteiger charge is 2.34. The maximum atomic E-state index is 9.77. The number of para-hydroxylation sites is 1. The quantitative estimate of drug-likeness (QED) is 0.792. The molecule has 0 spiro atoms. The van der Waals surface area contributed by atoms with Crippen LogP contribution in [0.3, 0.4) is 0 Å². The zero-order valence-corrected chi connectivity index (χ0v) is 9.40. The Morgan fingerprint density at radius 2 is 2.13 bits per heavy atom. The minimum atomic E-state index is 0.293. The van der Waals surface area contributed by atoms with E-state index in [0.29, 0.717) is 17.8 Å². The smallest absolute Gasteiger partial charge is 0.120 e. The number of hydrogen-bond acceptors (Lipinski definition) is 2. The second-order valence-electron chi connectivity index (χ2n) is 4.51. The van der Waals surface area contributed by atoms with Crippen LogP contribution in [0.1, 0.15) is 38.3 Å². The van der Waals surface area contributed by atoms with Crippen LogP contribution in [0.2, 0.25) is 0 Å². The molecule has 1 aliphatic carbocycles. The fourth-order valence-electron chi connectivity index (χ4n) is 2.02. The van der Waals surface area contributed by atoms with Gasteiger partial charge < -0.3 is 10.4 Å². The Kier molecular flexibility index (Phi) is 2.96. The molecule has 0 amide bonds. The van der Waals surface area contributed by atoms with E-state index in [2.05, 4.69) is 19.2 Å². The highest BCUT2D eigenvalue weighted by molar-refractivity contribution is 5.34. The largest absolute Gasteiger partial charge is 0.508 e. The lowest BCUT2D eigenvalue weighted by Crippen LogP contribution is -2.24. The Morgan fingerprint density at radius 1 is 1.47 bits per heavy atom. The molecule has 2 nitrogen and oxygen atoms in total. The van der Waals surface area contributed by atoms with Gasteiger partial charge in [0.15, 0.2) is 0 Å². The van der Waals surface area contributed by atoms with Crippen LogP contribution in [0.4, 0.5) is 0 Å². The highest BCUT2D eigenvalue weighted by atomic mass is 16.3. The molecule has 0 heterocycles.